The van der Waals surface area contributed by atoms with Crippen LogP contribution in [0.2, 0.25) is 0 Å². The van der Waals surface area contributed by atoms with Gasteiger partial charge >= 0.3 is 0 Å². The lowest BCUT2D eigenvalue weighted by molar-refractivity contribution is -0.203. The van der Waals surface area contributed by atoms with Crippen LogP contribution in [0.5, 0.6) is 0 Å². The third kappa shape index (κ3) is 4.00. The molecule has 0 radical (unpaired) electrons. The minimum atomic E-state index is -0.811. The molecule has 1 heterocycles. The van der Waals surface area contributed by atoms with Gasteiger partial charge in [-0.05, 0) is 114 Å². The van der Waals surface area contributed by atoms with Crippen LogP contribution in [0.25, 0.3) is 10.9 Å². The van der Waals surface area contributed by atoms with Gasteiger partial charge in [0, 0.05) is 18.0 Å². The fourth-order valence-corrected chi connectivity index (χ4v) is 11.8. The Morgan fingerprint density at radius 3 is 2.47 bits per heavy atom. The summed E-state index contributed by atoms with van der Waals surface area (Å²) in [4.78, 5) is 37.3. The van der Waals surface area contributed by atoms with Gasteiger partial charge in [0.05, 0.1) is 17.0 Å². The number of Topliss-reactive ketones (excluding diaryl/α,β-unsaturated/α-hetero) is 1. The number of hydrogen-bond donors (Lipinski definition) is 2. The van der Waals surface area contributed by atoms with E-state index in [1.165, 1.54) is 0 Å². The van der Waals surface area contributed by atoms with Gasteiger partial charge in [-0.1, -0.05) is 59.7 Å². The number of benzene rings is 1. The van der Waals surface area contributed by atoms with Gasteiger partial charge in [-0.3, -0.25) is 14.9 Å². The quantitative estimate of drug-likeness (QED) is 0.390. The molecule has 0 bridgehead atoms. The van der Waals surface area contributed by atoms with E-state index in [2.05, 4.69) is 56.8 Å². The van der Waals surface area contributed by atoms with Crippen LogP contribution in [0.4, 0.5) is 5.95 Å². The maximum absolute atomic E-state index is 14.4. The minimum Gasteiger partial charge on any atom is -0.393 e. The molecule has 2 N–H and O–H groups in total. The normalized spacial score (nSPS) is 40.1. The molecular weight excluding hydrogens is 534 g/mol. The van der Waals surface area contributed by atoms with E-state index >= 15 is 0 Å². The zero-order valence-electron chi connectivity index (χ0n) is 26.9. The van der Waals surface area contributed by atoms with Crippen LogP contribution < -0.4 is 5.32 Å². The predicted molar refractivity (Wildman–Crippen MR) is 169 cm³/mol. The van der Waals surface area contributed by atoms with Crippen LogP contribution >= 0.6 is 0 Å². The Hall–Kier alpha value is -2.60. The second-order valence-electron chi connectivity index (χ2n) is 16.2. The Morgan fingerprint density at radius 1 is 0.953 bits per heavy atom. The fourth-order valence-electron chi connectivity index (χ4n) is 11.8. The maximum atomic E-state index is 14.4. The van der Waals surface area contributed by atoms with Crippen LogP contribution in [0.3, 0.4) is 0 Å². The van der Waals surface area contributed by atoms with Crippen molar-refractivity contribution in [2.24, 2.45) is 51.2 Å². The molecule has 1 aromatic heterocycles. The van der Waals surface area contributed by atoms with Crippen LogP contribution in [-0.4, -0.2) is 32.9 Å². The molecule has 230 valence electrons. The third-order valence-electron chi connectivity index (χ3n) is 13.7. The molecule has 4 fully saturated rings. The number of hydrogen-bond acceptors (Lipinski definition) is 5. The number of amides is 1. The number of carbonyl (C=O) groups excluding carboxylic acids is 2. The molecule has 5 unspecified atom stereocenters. The van der Waals surface area contributed by atoms with E-state index in [-0.39, 0.29) is 52.3 Å². The zero-order chi connectivity index (χ0) is 30.5. The number of nitrogens with one attached hydrogen (secondary N) is 1. The van der Waals surface area contributed by atoms with E-state index in [9.17, 15) is 14.7 Å². The number of para-hydroxylation sites is 1. The van der Waals surface area contributed by atoms with Crippen molar-refractivity contribution in [3.63, 3.8) is 0 Å². The summed E-state index contributed by atoms with van der Waals surface area (Å²) in [6.45, 7) is 13.9. The summed E-state index contributed by atoms with van der Waals surface area (Å²) in [5.41, 5.74) is 2.37. The fraction of sp³-hybridized carbons (Fsp3) is 0.676. The average molecular weight is 584 g/mol. The first-order valence-electron chi connectivity index (χ1n) is 16.8. The molecular formula is C37H49N3O3. The summed E-state index contributed by atoms with van der Waals surface area (Å²) in [5, 5.41) is 15.0. The summed E-state index contributed by atoms with van der Waals surface area (Å²) >= 11 is 0. The Kier molecular flexibility index (Phi) is 6.57. The summed E-state index contributed by atoms with van der Waals surface area (Å²) in [6, 6.07) is 7.79. The predicted octanol–water partition coefficient (Wildman–Crippen LogP) is 7.52. The topological polar surface area (TPSA) is 92.2 Å². The molecule has 7 rings (SSSR count). The van der Waals surface area contributed by atoms with Crippen molar-refractivity contribution in [1.29, 1.82) is 0 Å². The van der Waals surface area contributed by atoms with Crippen molar-refractivity contribution in [2.45, 2.75) is 105 Å². The smallest absolute Gasteiger partial charge is 0.237 e. The number of anilines is 1. The van der Waals surface area contributed by atoms with E-state index in [4.69, 9.17) is 0 Å². The molecule has 1 aromatic carbocycles. The van der Waals surface area contributed by atoms with Crippen LogP contribution in [0.15, 0.2) is 41.6 Å². The van der Waals surface area contributed by atoms with Gasteiger partial charge in [0.1, 0.15) is 0 Å². The van der Waals surface area contributed by atoms with E-state index in [0.717, 1.165) is 67.0 Å². The molecule has 0 saturated heterocycles. The number of aromatic nitrogens is 2. The zero-order valence-corrected chi connectivity index (χ0v) is 26.9. The maximum Gasteiger partial charge on any atom is 0.237 e. The van der Waals surface area contributed by atoms with Crippen molar-refractivity contribution in [3.8, 4) is 0 Å². The molecule has 1 amide bonds. The molecule has 5 aliphatic rings. The SMILES string of the molecule is CC(C)C1=C2C3CCC4[C@@](C)(CCC5C(C)(C)[C@@H](O)CC[C@@]54C)C3CCC2(C(=O)Nc2ncc3ccccc3n2)CC1=O. The van der Waals surface area contributed by atoms with Crippen molar-refractivity contribution < 1.29 is 14.7 Å². The van der Waals surface area contributed by atoms with Crippen LogP contribution in [0.1, 0.15) is 99.3 Å². The van der Waals surface area contributed by atoms with Crippen molar-refractivity contribution in [2.75, 3.05) is 5.32 Å². The van der Waals surface area contributed by atoms with Gasteiger partial charge in [-0.15, -0.1) is 0 Å². The molecule has 0 aliphatic heterocycles. The molecule has 6 nitrogen and oxygen atoms in total. The summed E-state index contributed by atoms with van der Waals surface area (Å²) in [5.74, 6) is 2.29. The van der Waals surface area contributed by atoms with E-state index in [1.54, 1.807) is 6.20 Å². The highest BCUT2D eigenvalue weighted by Gasteiger charge is 2.67. The summed E-state index contributed by atoms with van der Waals surface area (Å²) in [7, 11) is 0. The summed E-state index contributed by atoms with van der Waals surface area (Å²) in [6.07, 6.45) is 9.94. The number of allylic oxidation sites excluding steroid dienone is 1. The van der Waals surface area contributed by atoms with Gasteiger partial charge in [0.15, 0.2) is 5.78 Å². The van der Waals surface area contributed by atoms with Gasteiger partial charge in [-0.2, -0.15) is 0 Å². The van der Waals surface area contributed by atoms with Crippen molar-refractivity contribution in [1.82, 2.24) is 9.97 Å². The van der Waals surface area contributed by atoms with Crippen LogP contribution in [0, 0.1) is 51.2 Å². The largest absolute Gasteiger partial charge is 0.393 e. The highest BCUT2D eigenvalue weighted by Crippen LogP contribution is 2.72. The van der Waals surface area contributed by atoms with Crippen molar-refractivity contribution >= 4 is 28.5 Å². The molecule has 4 saturated carbocycles. The first-order chi connectivity index (χ1) is 20.3. The standard InChI is InChI=1S/C37H49N3O3/c1-21(2)30-26(41)19-37(32(43)40-33-38-20-22-9-7-8-10-25(22)39-33)18-13-24-23(31(30)37)11-12-28-35(24,5)16-14-27-34(3,4)29(42)15-17-36(27,28)6/h7-10,20-21,23-24,27-29,42H,11-19H2,1-6H3,(H,38,39,40,43)/t23?,24?,27?,28?,29-,35-,36-,37?/m0/s1. The molecule has 43 heavy (non-hydrogen) atoms. The minimum absolute atomic E-state index is 0.0684. The third-order valence-corrected chi connectivity index (χ3v) is 13.7. The highest BCUT2D eigenvalue weighted by atomic mass is 16.3. The lowest BCUT2D eigenvalue weighted by Crippen LogP contribution is -2.62. The van der Waals surface area contributed by atoms with Gasteiger partial charge < -0.3 is 5.11 Å². The molecule has 2 aromatic rings. The first-order valence-corrected chi connectivity index (χ1v) is 16.8. The Labute approximate surface area is 256 Å². The Balaban J connectivity index is 1.25. The molecule has 0 spiro atoms. The summed E-state index contributed by atoms with van der Waals surface area (Å²) < 4.78 is 0. The Morgan fingerprint density at radius 2 is 1.70 bits per heavy atom. The number of aliphatic hydroxyl groups is 1. The number of carbonyl (C=O) groups is 2. The monoisotopic (exact) mass is 583 g/mol. The first kappa shape index (κ1) is 29.1. The second kappa shape index (κ2) is 9.70. The number of ketones is 1. The Bertz CT molecular complexity index is 1530. The molecule has 5 aliphatic carbocycles. The van der Waals surface area contributed by atoms with E-state index in [0.29, 0.717) is 30.1 Å². The van der Waals surface area contributed by atoms with Gasteiger partial charge in [-0.25, -0.2) is 9.97 Å². The van der Waals surface area contributed by atoms with E-state index < -0.39 is 5.41 Å². The van der Waals surface area contributed by atoms with Crippen LogP contribution in [-0.2, 0) is 9.59 Å². The van der Waals surface area contributed by atoms with E-state index in [1.807, 2.05) is 24.3 Å². The molecule has 8 atom stereocenters. The number of aliphatic hydroxyl groups excluding tert-OH is 1. The van der Waals surface area contributed by atoms with Gasteiger partial charge in [0.2, 0.25) is 11.9 Å². The highest BCUT2D eigenvalue weighted by molar-refractivity contribution is 6.09. The van der Waals surface area contributed by atoms with Gasteiger partial charge in [0.25, 0.3) is 0 Å². The van der Waals surface area contributed by atoms with Crippen molar-refractivity contribution in [3.05, 3.63) is 41.6 Å². The molecule has 6 heteroatoms. The second-order valence-corrected chi connectivity index (χ2v) is 16.2. The lowest BCUT2D eigenvalue weighted by Gasteiger charge is -2.68. The average Bonchev–Trinajstić information content (AvgIpc) is 3.28. The lowest BCUT2D eigenvalue weighted by atomic mass is 9.36. The number of rotatable bonds is 3. The number of fused-ring (bicyclic) bond motifs is 8. The number of nitrogens with zero attached hydrogens (tertiary/aromatic N) is 2.